The summed E-state index contributed by atoms with van der Waals surface area (Å²) in [5.41, 5.74) is 3.15. The predicted octanol–water partition coefficient (Wildman–Crippen LogP) is 3.20. The van der Waals surface area contributed by atoms with Crippen molar-refractivity contribution in [1.82, 2.24) is 10.3 Å². The van der Waals surface area contributed by atoms with Gasteiger partial charge in [-0.2, -0.15) is 0 Å². The molecule has 1 amide bonds. The van der Waals surface area contributed by atoms with E-state index >= 15 is 0 Å². The molecule has 1 fully saturated rings. The molecule has 140 valence electrons. The fraction of sp³-hybridized carbons (Fsp3) is 0.182. The van der Waals surface area contributed by atoms with Crippen LogP contribution in [0.3, 0.4) is 0 Å². The lowest BCUT2D eigenvalue weighted by atomic mass is 10.2. The number of nitrogens with zero attached hydrogens (tertiary/aromatic N) is 2. The molecular formula is C22H20N4OS. The summed E-state index contributed by atoms with van der Waals surface area (Å²) >= 11 is 1.38. The summed E-state index contributed by atoms with van der Waals surface area (Å²) < 4.78 is 0. The number of hydrogen-bond donors (Lipinski definition) is 2. The monoisotopic (exact) mass is 388 g/mol. The Balaban J connectivity index is 1.48. The molecule has 2 N–H and O–H groups in total. The lowest BCUT2D eigenvalue weighted by Gasteiger charge is -2.31. The second-order valence-electron chi connectivity index (χ2n) is 6.36. The van der Waals surface area contributed by atoms with Crippen molar-refractivity contribution in [3.05, 3.63) is 76.2 Å². The normalized spacial score (nSPS) is 13.5. The Kier molecular flexibility index (Phi) is 5.66. The lowest BCUT2D eigenvalue weighted by molar-refractivity contribution is 0.102. The standard InChI is InChI=1S/C22H20N4OS/c27-22(19-16-28-21(24-19)11-10-17-6-2-1-3-7-17)25-18-8-4-5-9-20(18)26-14-12-23-13-15-26/h1-9,16,23H,12-15H2,(H,25,27). The Labute approximate surface area is 168 Å². The molecule has 0 atom stereocenters. The van der Waals surface area contributed by atoms with Gasteiger partial charge in [-0.3, -0.25) is 4.79 Å². The van der Waals surface area contributed by atoms with Crippen molar-refractivity contribution in [3.8, 4) is 11.8 Å². The van der Waals surface area contributed by atoms with Crippen molar-refractivity contribution >= 4 is 28.6 Å². The Hall–Kier alpha value is -3.14. The molecule has 0 unspecified atom stereocenters. The van der Waals surface area contributed by atoms with Crippen LogP contribution in [0.25, 0.3) is 0 Å². The van der Waals surface area contributed by atoms with E-state index in [-0.39, 0.29) is 5.91 Å². The average Bonchev–Trinajstić information content (AvgIpc) is 3.23. The number of benzene rings is 2. The van der Waals surface area contributed by atoms with Crippen LogP contribution in [0.4, 0.5) is 11.4 Å². The summed E-state index contributed by atoms with van der Waals surface area (Å²) in [6.45, 7) is 3.72. The molecule has 1 aromatic heterocycles. The molecule has 2 heterocycles. The molecular weight excluding hydrogens is 368 g/mol. The third-order valence-corrected chi connectivity index (χ3v) is 5.19. The molecule has 1 saturated heterocycles. The zero-order valence-corrected chi connectivity index (χ0v) is 16.1. The zero-order valence-electron chi connectivity index (χ0n) is 15.3. The number of carbonyl (C=O) groups excluding carboxylic acids is 1. The molecule has 0 aliphatic carbocycles. The van der Waals surface area contributed by atoms with Gasteiger partial charge in [0.2, 0.25) is 0 Å². The van der Waals surface area contributed by atoms with Gasteiger partial charge in [-0.15, -0.1) is 11.3 Å². The quantitative estimate of drug-likeness (QED) is 0.677. The molecule has 0 radical (unpaired) electrons. The maximum Gasteiger partial charge on any atom is 0.275 e. The van der Waals surface area contributed by atoms with Gasteiger partial charge in [-0.05, 0) is 30.2 Å². The minimum absolute atomic E-state index is 0.216. The fourth-order valence-electron chi connectivity index (χ4n) is 3.03. The number of thiazole rings is 1. The summed E-state index contributed by atoms with van der Waals surface area (Å²) in [5, 5.41) is 8.73. The van der Waals surface area contributed by atoms with Gasteiger partial charge in [-0.25, -0.2) is 4.98 Å². The fourth-order valence-corrected chi connectivity index (χ4v) is 3.67. The van der Waals surface area contributed by atoms with E-state index in [1.165, 1.54) is 11.3 Å². The molecule has 0 bridgehead atoms. The van der Waals surface area contributed by atoms with Gasteiger partial charge in [0.05, 0.1) is 11.4 Å². The Bertz CT molecular complexity index is 1010. The van der Waals surface area contributed by atoms with Crippen LogP contribution in [0.5, 0.6) is 0 Å². The first-order chi connectivity index (χ1) is 13.8. The number of anilines is 2. The van der Waals surface area contributed by atoms with Crippen LogP contribution in [0.2, 0.25) is 0 Å². The van der Waals surface area contributed by atoms with Crippen LogP contribution < -0.4 is 15.5 Å². The lowest BCUT2D eigenvalue weighted by Crippen LogP contribution is -2.43. The van der Waals surface area contributed by atoms with Crippen LogP contribution in [0.15, 0.2) is 60.0 Å². The highest BCUT2D eigenvalue weighted by molar-refractivity contribution is 7.10. The summed E-state index contributed by atoms with van der Waals surface area (Å²) in [6, 6.07) is 17.6. The third-order valence-electron chi connectivity index (χ3n) is 4.43. The summed E-state index contributed by atoms with van der Waals surface area (Å²) in [4.78, 5) is 19.3. The van der Waals surface area contributed by atoms with Gasteiger partial charge in [0.1, 0.15) is 5.69 Å². The van der Waals surface area contributed by atoms with E-state index in [0.29, 0.717) is 10.7 Å². The predicted molar refractivity (Wildman–Crippen MR) is 114 cm³/mol. The SMILES string of the molecule is O=C(Nc1ccccc1N1CCNCC1)c1csc(C#Cc2ccccc2)n1. The number of para-hydroxylation sites is 2. The van der Waals surface area contributed by atoms with Crippen molar-refractivity contribution in [2.45, 2.75) is 0 Å². The third kappa shape index (κ3) is 4.39. The summed E-state index contributed by atoms with van der Waals surface area (Å²) in [7, 11) is 0. The molecule has 3 aromatic rings. The number of amides is 1. The Morgan fingerprint density at radius 3 is 2.61 bits per heavy atom. The maximum atomic E-state index is 12.7. The second kappa shape index (κ2) is 8.70. The number of aromatic nitrogens is 1. The van der Waals surface area contributed by atoms with Gasteiger partial charge in [0, 0.05) is 37.1 Å². The number of hydrogen-bond acceptors (Lipinski definition) is 5. The van der Waals surface area contributed by atoms with Crippen molar-refractivity contribution < 1.29 is 4.79 Å². The van der Waals surface area contributed by atoms with Crippen LogP contribution in [0.1, 0.15) is 21.1 Å². The van der Waals surface area contributed by atoms with E-state index in [9.17, 15) is 4.79 Å². The highest BCUT2D eigenvalue weighted by Crippen LogP contribution is 2.26. The summed E-state index contributed by atoms with van der Waals surface area (Å²) in [5.74, 6) is 5.88. The number of carbonyl (C=O) groups is 1. The van der Waals surface area contributed by atoms with Gasteiger partial charge >= 0.3 is 0 Å². The first kappa shape index (κ1) is 18.2. The first-order valence-electron chi connectivity index (χ1n) is 9.18. The molecule has 28 heavy (non-hydrogen) atoms. The van der Waals surface area contributed by atoms with E-state index < -0.39 is 0 Å². The van der Waals surface area contributed by atoms with Crippen LogP contribution in [0, 0.1) is 11.8 Å². The maximum absolute atomic E-state index is 12.7. The minimum atomic E-state index is -0.216. The molecule has 2 aromatic carbocycles. The van der Waals surface area contributed by atoms with Gasteiger partial charge in [0.25, 0.3) is 5.91 Å². The molecule has 5 nitrogen and oxygen atoms in total. The number of piperazine rings is 1. The highest BCUT2D eigenvalue weighted by Gasteiger charge is 2.17. The smallest absolute Gasteiger partial charge is 0.275 e. The number of rotatable bonds is 3. The average molecular weight is 388 g/mol. The van der Waals surface area contributed by atoms with Crippen molar-refractivity contribution in [3.63, 3.8) is 0 Å². The molecule has 0 spiro atoms. The topological polar surface area (TPSA) is 57.3 Å². The van der Waals surface area contributed by atoms with E-state index in [4.69, 9.17) is 0 Å². The van der Waals surface area contributed by atoms with Crippen LogP contribution in [-0.4, -0.2) is 37.1 Å². The molecule has 1 aliphatic rings. The minimum Gasteiger partial charge on any atom is -0.367 e. The van der Waals surface area contributed by atoms with E-state index in [2.05, 4.69) is 32.4 Å². The largest absolute Gasteiger partial charge is 0.367 e. The second-order valence-corrected chi connectivity index (χ2v) is 7.22. The Morgan fingerprint density at radius 1 is 1.04 bits per heavy atom. The van der Waals surface area contributed by atoms with Crippen molar-refractivity contribution in [2.24, 2.45) is 0 Å². The summed E-state index contributed by atoms with van der Waals surface area (Å²) in [6.07, 6.45) is 0. The molecule has 1 aliphatic heterocycles. The van der Waals surface area contributed by atoms with Crippen LogP contribution >= 0.6 is 11.3 Å². The highest BCUT2D eigenvalue weighted by atomic mass is 32.1. The van der Waals surface area contributed by atoms with Gasteiger partial charge in [0.15, 0.2) is 5.01 Å². The molecule has 0 saturated carbocycles. The van der Waals surface area contributed by atoms with E-state index in [0.717, 1.165) is 43.1 Å². The van der Waals surface area contributed by atoms with Gasteiger partial charge in [-0.1, -0.05) is 36.3 Å². The van der Waals surface area contributed by atoms with E-state index in [1.54, 1.807) is 5.38 Å². The molecule has 4 rings (SSSR count). The Morgan fingerprint density at radius 2 is 1.79 bits per heavy atom. The zero-order chi connectivity index (χ0) is 19.2. The van der Waals surface area contributed by atoms with Crippen molar-refractivity contribution in [2.75, 3.05) is 36.4 Å². The van der Waals surface area contributed by atoms with Crippen LogP contribution in [-0.2, 0) is 0 Å². The van der Waals surface area contributed by atoms with Crippen molar-refractivity contribution in [1.29, 1.82) is 0 Å². The number of nitrogens with one attached hydrogen (secondary N) is 2. The van der Waals surface area contributed by atoms with E-state index in [1.807, 2.05) is 54.6 Å². The van der Waals surface area contributed by atoms with Gasteiger partial charge < -0.3 is 15.5 Å². The molecule has 6 heteroatoms. The first-order valence-corrected chi connectivity index (χ1v) is 10.1.